The van der Waals surface area contributed by atoms with Crippen molar-refractivity contribution in [3.05, 3.63) is 45.9 Å². The summed E-state index contributed by atoms with van der Waals surface area (Å²) in [6, 6.07) is 7.46. The first-order valence-electron chi connectivity index (χ1n) is 9.58. The number of rotatable bonds is 5. The van der Waals surface area contributed by atoms with Crippen molar-refractivity contribution >= 4 is 33.6 Å². The zero-order valence-corrected chi connectivity index (χ0v) is 17.9. The molecule has 0 aliphatic carbocycles. The molecule has 2 aromatic carbocycles. The Labute approximate surface area is 177 Å². The highest BCUT2D eigenvalue weighted by Gasteiger charge is 2.21. The fourth-order valence-electron chi connectivity index (χ4n) is 3.37. The maximum Gasteiger partial charge on any atom is 0.248 e. The summed E-state index contributed by atoms with van der Waals surface area (Å²) in [7, 11) is 0. The lowest BCUT2D eigenvalue weighted by atomic mass is 10.1. The SMILES string of the molecule is CCOc1cc2c(cc1/C=C/C(=O)Nc1cc3c(cc1Br)OCCO3)OC(C)C2. The highest BCUT2D eigenvalue weighted by Crippen LogP contribution is 2.38. The molecular weight excluding hydrogens is 438 g/mol. The third-order valence-corrected chi connectivity index (χ3v) is 5.29. The van der Waals surface area contributed by atoms with E-state index in [4.69, 9.17) is 18.9 Å². The predicted octanol–water partition coefficient (Wildman–Crippen LogP) is 4.59. The first-order chi connectivity index (χ1) is 14.0. The minimum atomic E-state index is -0.264. The van der Waals surface area contributed by atoms with E-state index in [0.717, 1.165) is 33.5 Å². The van der Waals surface area contributed by atoms with Crippen LogP contribution in [-0.4, -0.2) is 31.8 Å². The second-order valence-corrected chi connectivity index (χ2v) is 7.72. The second-order valence-electron chi connectivity index (χ2n) is 6.86. The van der Waals surface area contributed by atoms with Gasteiger partial charge in [-0.3, -0.25) is 4.79 Å². The molecule has 2 heterocycles. The van der Waals surface area contributed by atoms with Crippen molar-refractivity contribution in [2.24, 2.45) is 0 Å². The summed E-state index contributed by atoms with van der Waals surface area (Å²) in [6.07, 6.45) is 4.22. The van der Waals surface area contributed by atoms with Crippen LogP contribution in [0.5, 0.6) is 23.0 Å². The Hall–Kier alpha value is -2.67. The van der Waals surface area contributed by atoms with Gasteiger partial charge in [0.25, 0.3) is 0 Å². The lowest BCUT2D eigenvalue weighted by Gasteiger charge is -2.19. The van der Waals surface area contributed by atoms with Gasteiger partial charge in [0.15, 0.2) is 11.5 Å². The molecule has 0 fully saturated rings. The molecule has 1 amide bonds. The molecule has 0 aromatic heterocycles. The lowest BCUT2D eigenvalue weighted by molar-refractivity contribution is -0.111. The Morgan fingerprint density at radius 1 is 1.21 bits per heavy atom. The number of hydrogen-bond acceptors (Lipinski definition) is 5. The van der Waals surface area contributed by atoms with Gasteiger partial charge in [-0.05, 0) is 48.0 Å². The van der Waals surface area contributed by atoms with Gasteiger partial charge in [0.05, 0.1) is 12.3 Å². The quantitative estimate of drug-likeness (QED) is 0.662. The van der Waals surface area contributed by atoms with Crippen molar-refractivity contribution < 1.29 is 23.7 Å². The first kappa shape index (κ1) is 19.6. The Balaban J connectivity index is 1.52. The number of benzene rings is 2. The van der Waals surface area contributed by atoms with Gasteiger partial charge in [0, 0.05) is 40.2 Å². The maximum absolute atomic E-state index is 12.5. The fraction of sp³-hybridized carbons (Fsp3) is 0.318. The van der Waals surface area contributed by atoms with Gasteiger partial charge in [-0.15, -0.1) is 0 Å². The van der Waals surface area contributed by atoms with E-state index in [1.807, 2.05) is 26.0 Å². The predicted molar refractivity (Wildman–Crippen MR) is 114 cm³/mol. The third-order valence-electron chi connectivity index (χ3n) is 4.63. The fourth-order valence-corrected chi connectivity index (χ4v) is 3.79. The molecule has 2 aliphatic rings. The van der Waals surface area contributed by atoms with E-state index in [1.54, 1.807) is 18.2 Å². The van der Waals surface area contributed by atoms with Gasteiger partial charge in [0.2, 0.25) is 5.91 Å². The Morgan fingerprint density at radius 2 is 1.97 bits per heavy atom. The van der Waals surface area contributed by atoms with Crippen LogP contribution in [0.2, 0.25) is 0 Å². The second kappa shape index (κ2) is 8.37. The summed E-state index contributed by atoms with van der Waals surface area (Å²) in [5.41, 5.74) is 2.54. The molecule has 152 valence electrons. The number of nitrogens with one attached hydrogen (secondary N) is 1. The zero-order valence-electron chi connectivity index (χ0n) is 16.3. The number of anilines is 1. The molecule has 0 saturated heterocycles. The molecule has 2 aliphatic heterocycles. The number of ether oxygens (including phenoxy) is 4. The lowest BCUT2D eigenvalue weighted by Crippen LogP contribution is -2.16. The largest absolute Gasteiger partial charge is 0.493 e. The molecule has 29 heavy (non-hydrogen) atoms. The average Bonchev–Trinajstić information content (AvgIpc) is 3.06. The van der Waals surface area contributed by atoms with Crippen molar-refractivity contribution in [3.63, 3.8) is 0 Å². The normalized spacial score (nSPS) is 17.0. The van der Waals surface area contributed by atoms with Crippen molar-refractivity contribution in [3.8, 4) is 23.0 Å². The molecule has 1 atom stereocenters. The van der Waals surface area contributed by atoms with Crippen LogP contribution in [0.3, 0.4) is 0 Å². The van der Waals surface area contributed by atoms with Gasteiger partial charge in [-0.25, -0.2) is 0 Å². The van der Waals surface area contributed by atoms with Crippen LogP contribution in [-0.2, 0) is 11.2 Å². The molecule has 6 nitrogen and oxygen atoms in total. The van der Waals surface area contributed by atoms with E-state index >= 15 is 0 Å². The topological polar surface area (TPSA) is 66.0 Å². The Morgan fingerprint density at radius 3 is 2.72 bits per heavy atom. The summed E-state index contributed by atoms with van der Waals surface area (Å²) in [4.78, 5) is 12.5. The Bertz CT molecular complexity index is 972. The molecule has 2 aromatic rings. The smallest absolute Gasteiger partial charge is 0.248 e. The highest BCUT2D eigenvalue weighted by molar-refractivity contribution is 9.10. The average molecular weight is 460 g/mol. The van der Waals surface area contributed by atoms with Crippen LogP contribution >= 0.6 is 15.9 Å². The Kier molecular flexibility index (Phi) is 5.67. The standard InChI is InChI=1S/C22H22BrNO5/c1-3-26-18-10-15-8-13(2)29-19(15)9-14(18)4-5-22(25)24-17-12-21-20(11-16(17)23)27-6-7-28-21/h4-5,9-13H,3,6-8H2,1-2H3,(H,24,25)/b5-4+. The van der Waals surface area contributed by atoms with E-state index in [9.17, 15) is 4.79 Å². The van der Waals surface area contributed by atoms with E-state index in [2.05, 4.69) is 21.2 Å². The summed E-state index contributed by atoms with van der Waals surface area (Å²) in [6.45, 7) is 5.52. The number of carbonyl (C=O) groups is 1. The molecule has 0 saturated carbocycles. The van der Waals surface area contributed by atoms with Crippen LogP contribution in [0.1, 0.15) is 25.0 Å². The van der Waals surface area contributed by atoms with Crippen molar-refractivity contribution in [1.29, 1.82) is 0 Å². The highest BCUT2D eigenvalue weighted by atomic mass is 79.9. The third kappa shape index (κ3) is 4.34. The zero-order chi connectivity index (χ0) is 20.4. The molecular formula is C22H22BrNO5. The molecule has 0 spiro atoms. The van der Waals surface area contributed by atoms with Gasteiger partial charge in [-0.2, -0.15) is 0 Å². The van der Waals surface area contributed by atoms with Crippen molar-refractivity contribution in [2.75, 3.05) is 25.1 Å². The van der Waals surface area contributed by atoms with E-state index < -0.39 is 0 Å². The van der Waals surface area contributed by atoms with E-state index in [1.165, 1.54) is 6.08 Å². The van der Waals surface area contributed by atoms with E-state index in [-0.39, 0.29) is 12.0 Å². The summed E-state index contributed by atoms with van der Waals surface area (Å²) < 4.78 is 23.4. The van der Waals surface area contributed by atoms with Crippen LogP contribution in [0.15, 0.2) is 34.8 Å². The van der Waals surface area contributed by atoms with Gasteiger partial charge in [0.1, 0.15) is 30.8 Å². The number of fused-ring (bicyclic) bond motifs is 2. The summed E-state index contributed by atoms with van der Waals surface area (Å²) in [5, 5.41) is 2.86. The number of carbonyl (C=O) groups excluding carboxylic acids is 1. The number of amides is 1. The summed E-state index contributed by atoms with van der Waals surface area (Å²) >= 11 is 3.46. The number of halogens is 1. The van der Waals surface area contributed by atoms with Gasteiger partial charge in [-0.1, -0.05) is 0 Å². The van der Waals surface area contributed by atoms with Gasteiger partial charge < -0.3 is 24.3 Å². The van der Waals surface area contributed by atoms with Crippen LogP contribution < -0.4 is 24.3 Å². The molecule has 0 radical (unpaired) electrons. The monoisotopic (exact) mass is 459 g/mol. The van der Waals surface area contributed by atoms with Crippen LogP contribution in [0, 0.1) is 0 Å². The summed E-state index contributed by atoms with van der Waals surface area (Å²) in [5.74, 6) is 2.59. The van der Waals surface area contributed by atoms with Crippen molar-refractivity contribution in [2.45, 2.75) is 26.4 Å². The molecule has 1 unspecified atom stereocenters. The number of hydrogen-bond donors (Lipinski definition) is 1. The van der Waals surface area contributed by atoms with Crippen molar-refractivity contribution in [1.82, 2.24) is 0 Å². The molecule has 0 bridgehead atoms. The van der Waals surface area contributed by atoms with E-state index in [0.29, 0.717) is 37.0 Å². The first-order valence-corrected chi connectivity index (χ1v) is 10.4. The molecule has 1 N–H and O–H groups in total. The van der Waals surface area contributed by atoms with Crippen LogP contribution in [0.25, 0.3) is 6.08 Å². The minimum Gasteiger partial charge on any atom is -0.493 e. The van der Waals surface area contributed by atoms with Gasteiger partial charge >= 0.3 is 0 Å². The molecule has 4 rings (SSSR count). The molecule has 7 heteroatoms. The maximum atomic E-state index is 12.5. The van der Waals surface area contributed by atoms with Crippen LogP contribution in [0.4, 0.5) is 5.69 Å². The minimum absolute atomic E-state index is 0.148.